The maximum atomic E-state index is 13.7. The zero-order valence-corrected chi connectivity index (χ0v) is 18.7. The molecule has 0 heterocycles. The molecule has 0 amide bonds. The van der Waals surface area contributed by atoms with Crippen molar-refractivity contribution in [2.24, 2.45) is 4.99 Å². The number of rotatable bonds is 9. The molecule has 0 bridgehead atoms. The van der Waals surface area contributed by atoms with E-state index in [0.717, 1.165) is 17.6 Å². The van der Waals surface area contributed by atoms with Crippen molar-refractivity contribution >= 4 is 15.8 Å². The van der Waals surface area contributed by atoms with Gasteiger partial charge in [0.25, 0.3) is 0 Å². The number of nitrogens with one attached hydrogen (secondary N) is 2. The lowest BCUT2D eigenvalue weighted by molar-refractivity contribution is 0.242. The number of sulfone groups is 1. The van der Waals surface area contributed by atoms with Crippen LogP contribution < -0.4 is 15.4 Å². The van der Waals surface area contributed by atoms with E-state index < -0.39 is 15.7 Å². The molecule has 0 radical (unpaired) electrons. The Kier molecular flexibility index (Phi) is 8.65. The van der Waals surface area contributed by atoms with Crippen LogP contribution in [0.5, 0.6) is 5.75 Å². The molecule has 8 heteroatoms. The standard InChI is InChI=1S/C22H30FN3O3S/c1-5-24-22(25-13-17-6-10-21(11-7-17)29-16(2)3)26-14-19-12-20(23)9-8-18(19)15-30(4,27)28/h6-12,16H,5,13-15H2,1-4H3,(H2,24,25,26). The molecule has 164 valence electrons. The third kappa shape index (κ3) is 8.41. The van der Waals surface area contributed by atoms with Crippen LogP contribution in [-0.2, 0) is 28.7 Å². The van der Waals surface area contributed by atoms with E-state index in [1.54, 1.807) is 0 Å². The van der Waals surface area contributed by atoms with Crippen molar-refractivity contribution in [2.75, 3.05) is 12.8 Å². The molecule has 0 aliphatic carbocycles. The summed E-state index contributed by atoms with van der Waals surface area (Å²) in [4.78, 5) is 4.56. The summed E-state index contributed by atoms with van der Waals surface area (Å²) in [6.45, 7) is 7.28. The molecule has 0 aromatic heterocycles. The fourth-order valence-electron chi connectivity index (χ4n) is 2.82. The summed E-state index contributed by atoms with van der Waals surface area (Å²) in [5.74, 6) is 0.833. The summed E-state index contributed by atoms with van der Waals surface area (Å²) < 4.78 is 42.7. The molecule has 0 fully saturated rings. The molecule has 0 aliphatic heterocycles. The number of benzene rings is 2. The Bertz CT molecular complexity index is 958. The van der Waals surface area contributed by atoms with E-state index in [9.17, 15) is 12.8 Å². The summed E-state index contributed by atoms with van der Waals surface area (Å²) in [6, 6.07) is 11.9. The number of aliphatic imine (C=N–C) groups is 1. The van der Waals surface area contributed by atoms with Crippen molar-refractivity contribution in [2.45, 2.75) is 45.7 Å². The number of halogens is 1. The van der Waals surface area contributed by atoms with Gasteiger partial charge in [0, 0.05) is 19.3 Å². The van der Waals surface area contributed by atoms with E-state index in [0.29, 0.717) is 30.2 Å². The molecule has 2 aromatic carbocycles. The number of hydrogen-bond acceptors (Lipinski definition) is 4. The zero-order valence-electron chi connectivity index (χ0n) is 17.9. The molecular weight excluding hydrogens is 405 g/mol. The minimum absolute atomic E-state index is 0.119. The predicted octanol–water partition coefficient (Wildman–Crippen LogP) is 3.41. The van der Waals surface area contributed by atoms with Crippen LogP contribution in [-0.4, -0.2) is 33.3 Å². The van der Waals surface area contributed by atoms with E-state index in [1.165, 1.54) is 18.2 Å². The zero-order chi connectivity index (χ0) is 22.1. The van der Waals surface area contributed by atoms with Gasteiger partial charge in [-0.2, -0.15) is 0 Å². The van der Waals surface area contributed by atoms with Crippen molar-refractivity contribution in [3.05, 3.63) is 65.0 Å². The normalized spacial score (nSPS) is 12.1. The first-order valence-corrected chi connectivity index (χ1v) is 11.9. The molecule has 2 aromatic rings. The Morgan fingerprint density at radius 3 is 2.40 bits per heavy atom. The van der Waals surface area contributed by atoms with E-state index in [1.807, 2.05) is 45.0 Å². The van der Waals surface area contributed by atoms with Crippen molar-refractivity contribution in [1.29, 1.82) is 0 Å². The molecule has 0 unspecified atom stereocenters. The topological polar surface area (TPSA) is 79.8 Å². The second kappa shape index (κ2) is 11.0. The average molecular weight is 436 g/mol. The third-order valence-electron chi connectivity index (χ3n) is 4.09. The Labute approximate surface area is 178 Å². The van der Waals surface area contributed by atoms with E-state index in [2.05, 4.69) is 15.6 Å². The SMILES string of the molecule is CCNC(=NCc1ccc(OC(C)C)cc1)NCc1cc(F)ccc1CS(C)(=O)=O. The molecule has 0 atom stereocenters. The summed E-state index contributed by atoms with van der Waals surface area (Å²) >= 11 is 0. The van der Waals surface area contributed by atoms with E-state index >= 15 is 0 Å². The van der Waals surface area contributed by atoms with Crippen LogP contribution in [0.15, 0.2) is 47.5 Å². The van der Waals surface area contributed by atoms with Crippen LogP contribution in [0.4, 0.5) is 4.39 Å². The molecule has 0 saturated heterocycles. The quantitative estimate of drug-likeness (QED) is 0.466. The second-order valence-electron chi connectivity index (χ2n) is 7.34. The molecule has 2 N–H and O–H groups in total. The van der Waals surface area contributed by atoms with Crippen LogP contribution in [0.2, 0.25) is 0 Å². The number of hydrogen-bond donors (Lipinski definition) is 2. The van der Waals surface area contributed by atoms with Crippen molar-refractivity contribution in [3.63, 3.8) is 0 Å². The van der Waals surface area contributed by atoms with Gasteiger partial charge in [0.15, 0.2) is 15.8 Å². The molecular formula is C22H30FN3O3S. The van der Waals surface area contributed by atoms with Crippen LogP contribution in [0.25, 0.3) is 0 Å². The summed E-state index contributed by atoms with van der Waals surface area (Å²) in [5.41, 5.74) is 2.18. The highest BCUT2D eigenvalue weighted by Gasteiger charge is 2.11. The van der Waals surface area contributed by atoms with Gasteiger partial charge < -0.3 is 15.4 Å². The Morgan fingerprint density at radius 1 is 1.10 bits per heavy atom. The Hall–Kier alpha value is -2.61. The lowest BCUT2D eigenvalue weighted by Gasteiger charge is -2.14. The smallest absolute Gasteiger partial charge is 0.191 e. The van der Waals surface area contributed by atoms with Gasteiger partial charge in [-0.1, -0.05) is 18.2 Å². The van der Waals surface area contributed by atoms with Gasteiger partial charge in [-0.3, -0.25) is 0 Å². The van der Waals surface area contributed by atoms with Crippen LogP contribution in [0, 0.1) is 5.82 Å². The summed E-state index contributed by atoms with van der Waals surface area (Å²) in [6.07, 6.45) is 1.28. The highest BCUT2D eigenvalue weighted by Crippen LogP contribution is 2.15. The molecule has 6 nitrogen and oxygen atoms in total. The van der Waals surface area contributed by atoms with Crippen molar-refractivity contribution in [1.82, 2.24) is 10.6 Å². The van der Waals surface area contributed by atoms with E-state index in [-0.39, 0.29) is 18.4 Å². The first kappa shape index (κ1) is 23.7. The monoisotopic (exact) mass is 435 g/mol. The summed E-state index contributed by atoms with van der Waals surface area (Å²) in [7, 11) is -3.23. The van der Waals surface area contributed by atoms with Crippen LogP contribution in [0.1, 0.15) is 37.5 Å². The first-order chi connectivity index (χ1) is 14.2. The Balaban J connectivity index is 2.08. The highest BCUT2D eigenvalue weighted by atomic mass is 32.2. The summed E-state index contributed by atoms with van der Waals surface area (Å²) in [5, 5.41) is 6.30. The number of ether oxygens (including phenoxy) is 1. The van der Waals surface area contributed by atoms with Crippen molar-refractivity contribution in [3.8, 4) is 5.75 Å². The molecule has 2 rings (SSSR count). The van der Waals surface area contributed by atoms with Gasteiger partial charge in [-0.15, -0.1) is 0 Å². The Morgan fingerprint density at radius 2 is 1.80 bits per heavy atom. The second-order valence-corrected chi connectivity index (χ2v) is 9.48. The minimum atomic E-state index is -3.23. The lowest BCUT2D eigenvalue weighted by Crippen LogP contribution is -2.37. The number of nitrogens with zero attached hydrogens (tertiary/aromatic N) is 1. The van der Waals surface area contributed by atoms with Crippen LogP contribution >= 0.6 is 0 Å². The van der Waals surface area contributed by atoms with E-state index in [4.69, 9.17) is 4.74 Å². The predicted molar refractivity (Wildman–Crippen MR) is 119 cm³/mol. The maximum absolute atomic E-state index is 13.7. The van der Waals surface area contributed by atoms with Gasteiger partial charge in [0.2, 0.25) is 0 Å². The van der Waals surface area contributed by atoms with Gasteiger partial charge in [-0.05, 0) is 61.7 Å². The van der Waals surface area contributed by atoms with Gasteiger partial charge >= 0.3 is 0 Å². The third-order valence-corrected chi connectivity index (χ3v) is 4.93. The van der Waals surface area contributed by atoms with Crippen LogP contribution in [0.3, 0.4) is 0 Å². The van der Waals surface area contributed by atoms with Gasteiger partial charge in [0.1, 0.15) is 11.6 Å². The number of guanidine groups is 1. The lowest BCUT2D eigenvalue weighted by atomic mass is 10.1. The molecule has 30 heavy (non-hydrogen) atoms. The van der Waals surface area contributed by atoms with Crippen molar-refractivity contribution < 1.29 is 17.5 Å². The highest BCUT2D eigenvalue weighted by molar-refractivity contribution is 7.89. The maximum Gasteiger partial charge on any atom is 0.191 e. The van der Waals surface area contributed by atoms with Gasteiger partial charge in [-0.25, -0.2) is 17.8 Å². The first-order valence-electron chi connectivity index (χ1n) is 9.89. The fraction of sp³-hybridized carbons (Fsp3) is 0.409. The minimum Gasteiger partial charge on any atom is -0.491 e. The molecule has 0 spiro atoms. The molecule has 0 aliphatic rings. The largest absolute Gasteiger partial charge is 0.491 e. The molecule has 0 saturated carbocycles. The average Bonchev–Trinajstić information content (AvgIpc) is 2.65. The van der Waals surface area contributed by atoms with Gasteiger partial charge in [0.05, 0.1) is 18.4 Å². The fourth-order valence-corrected chi connectivity index (χ4v) is 3.67.